The highest BCUT2D eigenvalue weighted by Gasteiger charge is 2.28. The Labute approximate surface area is 114 Å². The second-order valence-electron chi connectivity index (χ2n) is 4.88. The van der Waals surface area contributed by atoms with Gasteiger partial charge in [0.25, 0.3) is 0 Å². The van der Waals surface area contributed by atoms with Crippen LogP contribution in [0.2, 0.25) is 0 Å². The van der Waals surface area contributed by atoms with Crippen molar-refractivity contribution in [2.24, 2.45) is 5.92 Å². The second-order valence-corrected chi connectivity index (χ2v) is 6.59. The molecule has 1 aliphatic rings. The van der Waals surface area contributed by atoms with Crippen molar-refractivity contribution in [1.82, 2.24) is 4.72 Å². The summed E-state index contributed by atoms with van der Waals surface area (Å²) in [5.41, 5.74) is 0. The predicted molar refractivity (Wildman–Crippen MR) is 64.9 cm³/mol. The van der Waals surface area contributed by atoms with Crippen molar-refractivity contribution < 1.29 is 26.7 Å². The van der Waals surface area contributed by atoms with Crippen LogP contribution < -0.4 is 4.72 Å². The average molecular weight is 309 g/mol. The maximum absolute atomic E-state index is 13.4. The highest BCUT2D eigenvalue weighted by atomic mass is 32.2. The fraction of sp³-hybridized carbons (Fsp3) is 0.500. The zero-order valence-electron chi connectivity index (χ0n) is 10.4. The molecule has 112 valence electrons. The topological polar surface area (TPSA) is 66.4 Å². The van der Waals surface area contributed by atoms with Gasteiger partial charge < -0.3 is 5.11 Å². The van der Waals surface area contributed by atoms with E-state index in [1.54, 1.807) is 0 Å². The van der Waals surface area contributed by atoms with Gasteiger partial charge in [-0.2, -0.15) is 0 Å². The SMILES string of the molecule is O=S(=O)(NCC1CCC(O)C1)c1c(F)cc(F)cc1F. The predicted octanol–water partition coefficient (Wildman–Crippen LogP) is 1.54. The van der Waals surface area contributed by atoms with E-state index in [9.17, 15) is 26.7 Å². The van der Waals surface area contributed by atoms with Gasteiger partial charge in [0.05, 0.1) is 6.10 Å². The monoisotopic (exact) mass is 309 g/mol. The molecule has 2 unspecified atom stereocenters. The third-order valence-electron chi connectivity index (χ3n) is 3.31. The van der Waals surface area contributed by atoms with Gasteiger partial charge in [0.1, 0.15) is 17.5 Å². The second kappa shape index (κ2) is 5.71. The van der Waals surface area contributed by atoms with Gasteiger partial charge in [-0.15, -0.1) is 0 Å². The van der Waals surface area contributed by atoms with E-state index in [2.05, 4.69) is 4.72 Å². The van der Waals surface area contributed by atoms with Gasteiger partial charge in [0.15, 0.2) is 4.90 Å². The molecule has 2 rings (SSSR count). The van der Waals surface area contributed by atoms with Crippen molar-refractivity contribution >= 4 is 10.0 Å². The zero-order chi connectivity index (χ0) is 14.9. The molecule has 0 radical (unpaired) electrons. The molecule has 4 nitrogen and oxygen atoms in total. The number of rotatable bonds is 4. The van der Waals surface area contributed by atoms with Crippen molar-refractivity contribution in [3.63, 3.8) is 0 Å². The normalized spacial score (nSPS) is 23.2. The third kappa shape index (κ3) is 3.31. The van der Waals surface area contributed by atoms with Crippen molar-refractivity contribution in [3.8, 4) is 0 Å². The molecule has 2 atom stereocenters. The van der Waals surface area contributed by atoms with Gasteiger partial charge in [-0.05, 0) is 25.2 Å². The first-order chi connectivity index (χ1) is 9.29. The molecule has 0 aliphatic heterocycles. The summed E-state index contributed by atoms with van der Waals surface area (Å²) in [5.74, 6) is -4.20. The summed E-state index contributed by atoms with van der Waals surface area (Å²) in [6.45, 7) is -0.0182. The summed E-state index contributed by atoms with van der Waals surface area (Å²) in [6.07, 6.45) is 1.18. The van der Waals surface area contributed by atoms with E-state index in [-0.39, 0.29) is 12.5 Å². The molecule has 0 spiro atoms. The van der Waals surface area contributed by atoms with E-state index in [0.29, 0.717) is 31.4 Å². The van der Waals surface area contributed by atoms with Crippen molar-refractivity contribution in [2.45, 2.75) is 30.3 Å². The van der Waals surface area contributed by atoms with Crippen molar-refractivity contribution in [1.29, 1.82) is 0 Å². The largest absolute Gasteiger partial charge is 0.393 e. The highest BCUT2D eigenvalue weighted by molar-refractivity contribution is 7.89. The molecule has 1 aromatic rings. The van der Waals surface area contributed by atoms with Gasteiger partial charge in [-0.25, -0.2) is 26.3 Å². The molecular weight excluding hydrogens is 295 g/mol. The zero-order valence-corrected chi connectivity index (χ0v) is 11.3. The fourth-order valence-electron chi connectivity index (χ4n) is 2.32. The van der Waals surface area contributed by atoms with Gasteiger partial charge in [0.2, 0.25) is 10.0 Å². The number of hydrogen-bond donors (Lipinski definition) is 2. The first kappa shape index (κ1) is 15.3. The summed E-state index contributed by atoms with van der Waals surface area (Å²) >= 11 is 0. The Kier molecular flexibility index (Phi) is 4.36. The summed E-state index contributed by atoms with van der Waals surface area (Å²) in [7, 11) is -4.39. The highest BCUT2D eigenvalue weighted by Crippen LogP contribution is 2.26. The molecule has 8 heteroatoms. The minimum Gasteiger partial charge on any atom is -0.393 e. The molecule has 0 saturated heterocycles. The number of aliphatic hydroxyl groups excluding tert-OH is 1. The van der Waals surface area contributed by atoms with Gasteiger partial charge in [-0.3, -0.25) is 0 Å². The minimum absolute atomic E-state index is 0.0182. The lowest BCUT2D eigenvalue weighted by Gasteiger charge is -2.12. The summed E-state index contributed by atoms with van der Waals surface area (Å²) < 4.78 is 65.4. The number of aliphatic hydroxyl groups is 1. The lowest BCUT2D eigenvalue weighted by Crippen LogP contribution is -2.30. The molecule has 1 aromatic carbocycles. The van der Waals surface area contributed by atoms with Crippen LogP contribution in [0.1, 0.15) is 19.3 Å². The Morgan fingerprint density at radius 2 is 1.80 bits per heavy atom. The first-order valence-corrected chi connectivity index (χ1v) is 7.60. The molecule has 1 aliphatic carbocycles. The average Bonchev–Trinajstić information content (AvgIpc) is 2.71. The van der Waals surface area contributed by atoms with Gasteiger partial charge in [-0.1, -0.05) is 0 Å². The van der Waals surface area contributed by atoms with Crippen LogP contribution in [0.4, 0.5) is 13.2 Å². The molecule has 1 saturated carbocycles. The van der Waals surface area contributed by atoms with Crippen LogP contribution in [0.25, 0.3) is 0 Å². The van der Waals surface area contributed by atoms with Crippen LogP contribution in [-0.2, 0) is 10.0 Å². The number of nitrogens with one attached hydrogen (secondary N) is 1. The lowest BCUT2D eigenvalue weighted by atomic mass is 10.1. The molecule has 1 fully saturated rings. The Bertz CT molecular complexity index is 583. The van der Waals surface area contributed by atoms with E-state index in [1.165, 1.54) is 0 Å². The number of hydrogen-bond acceptors (Lipinski definition) is 3. The van der Waals surface area contributed by atoms with Crippen molar-refractivity contribution in [2.75, 3.05) is 6.54 Å². The van der Waals surface area contributed by atoms with E-state index in [4.69, 9.17) is 0 Å². The molecule has 0 heterocycles. The smallest absolute Gasteiger partial charge is 0.246 e. The van der Waals surface area contributed by atoms with E-state index >= 15 is 0 Å². The van der Waals surface area contributed by atoms with Gasteiger partial charge in [0, 0.05) is 18.7 Å². The van der Waals surface area contributed by atoms with Crippen LogP contribution in [0, 0.1) is 23.4 Å². The third-order valence-corrected chi connectivity index (χ3v) is 4.78. The molecule has 2 N–H and O–H groups in total. The first-order valence-electron chi connectivity index (χ1n) is 6.12. The molecule has 0 bridgehead atoms. The molecular formula is C12H14F3NO3S. The Balaban J connectivity index is 2.15. The van der Waals surface area contributed by atoms with Crippen LogP contribution in [-0.4, -0.2) is 26.2 Å². The van der Waals surface area contributed by atoms with Crippen LogP contribution in [0.15, 0.2) is 17.0 Å². The van der Waals surface area contributed by atoms with E-state index in [1.807, 2.05) is 0 Å². The molecule has 0 aromatic heterocycles. The van der Waals surface area contributed by atoms with Crippen LogP contribution >= 0.6 is 0 Å². The minimum atomic E-state index is -4.39. The van der Waals surface area contributed by atoms with Gasteiger partial charge >= 0.3 is 0 Å². The number of halogens is 3. The summed E-state index contributed by atoms with van der Waals surface area (Å²) in [5, 5.41) is 9.33. The molecule has 20 heavy (non-hydrogen) atoms. The summed E-state index contributed by atoms with van der Waals surface area (Å²) in [6, 6.07) is 0.633. The summed E-state index contributed by atoms with van der Waals surface area (Å²) in [4.78, 5) is -1.18. The van der Waals surface area contributed by atoms with E-state index < -0.39 is 38.5 Å². The maximum Gasteiger partial charge on any atom is 0.246 e. The Hall–Kier alpha value is -1.12. The Morgan fingerprint density at radius 1 is 1.20 bits per heavy atom. The molecule has 0 amide bonds. The van der Waals surface area contributed by atoms with Crippen LogP contribution in [0.3, 0.4) is 0 Å². The maximum atomic E-state index is 13.4. The number of sulfonamides is 1. The lowest BCUT2D eigenvalue weighted by molar-refractivity contribution is 0.178. The van der Waals surface area contributed by atoms with E-state index in [0.717, 1.165) is 0 Å². The van der Waals surface area contributed by atoms with Crippen LogP contribution in [0.5, 0.6) is 0 Å². The standard InChI is InChI=1S/C12H14F3NO3S/c13-8-4-10(14)12(11(15)5-8)20(18,19)16-6-7-1-2-9(17)3-7/h4-5,7,9,16-17H,1-3,6H2. The quantitative estimate of drug-likeness (QED) is 0.887. The number of benzene rings is 1. The fourth-order valence-corrected chi connectivity index (χ4v) is 3.55. The Morgan fingerprint density at radius 3 is 2.30 bits per heavy atom. The van der Waals surface area contributed by atoms with Crippen molar-refractivity contribution in [3.05, 3.63) is 29.6 Å².